The zero-order chi connectivity index (χ0) is 65.5. The largest absolute Gasteiger partial charge is 0.496 e. The number of aromatic nitrogens is 2. The van der Waals surface area contributed by atoms with Crippen LogP contribution < -0.4 is 41.4 Å². The zero-order valence-corrected chi connectivity index (χ0v) is 51.9. The van der Waals surface area contributed by atoms with Crippen LogP contribution in [0.2, 0.25) is 0 Å². The van der Waals surface area contributed by atoms with E-state index in [-0.39, 0.29) is 101 Å². The molecule has 0 radical (unpaired) electrons. The molecule has 2 aliphatic heterocycles. The summed E-state index contributed by atoms with van der Waals surface area (Å²) < 4.78 is 28.1. The van der Waals surface area contributed by atoms with Gasteiger partial charge >= 0.3 is 24.3 Å². The Kier molecular flexibility index (Phi) is 22.7. The fraction of sp³-hybridized carbons (Fsp3) is 0.359. The van der Waals surface area contributed by atoms with Gasteiger partial charge in [0, 0.05) is 110 Å². The lowest BCUT2D eigenvalue weighted by atomic mass is 9.89. The molecule has 2 aromatic heterocycles. The minimum absolute atomic E-state index is 0.0249. The summed E-state index contributed by atoms with van der Waals surface area (Å²) in [5.74, 6) is -3.40. The molecular formula is C64H72ClN11O15. The van der Waals surface area contributed by atoms with Crippen molar-refractivity contribution in [3.63, 3.8) is 0 Å². The number of hydrogen-bond acceptors (Lipinski definition) is 16. The Balaban J connectivity index is 0.834. The number of ether oxygens (including phenoxy) is 5. The Hall–Kier alpha value is -10.1. The molecule has 0 unspecified atom stereocenters. The van der Waals surface area contributed by atoms with E-state index in [4.69, 9.17) is 41.0 Å². The van der Waals surface area contributed by atoms with Crippen molar-refractivity contribution < 1.29 is 71.6 Å². The van der Waals surface area contributed by atoms with Gasteiger partial charge in [0.15, 0.2) is 5.78 Å². The fourth-order valence-corrected chi connectivity index (χ4v) is 10.5. The summed E-state index contributed by atoms with van der Waals surface area (Å²) in [7, 11) is 4.54. The molecule has 7 N–H and O–H groups in total. The van der Waals surface area contributed by atoms with E-state index in [1.165, 1.54) is 37.2 Å². The number of anilines is 3. The maximum Gasteiger partial charge on any atom is 0.415 e. The van der Waals surface area contributed by atoms with E-state index < -0.39 is 71.6 Å². The van der Waals surface area contributed by atoms with Crippen molar-refractivity contribution in [1.82, 2.24) is 35.3 Å². The minimum Gasteiger partial charge on any atom is -0.496 e. The predicted molar refractivity (Wildman–Crippen MR) is 337 cm³/mol. The maximum atomic E-state index is 14.5. The number of pyridine rings is 1. The van der Waals surface area contributed by atoms with Crippen molar-refractivity contribution in [2.75, 3.05) is 95.2 Å². The number of nitrogens with two attached hydrogens (primary N) is 1. The lowest BCUT2D eigenvalue weighted by molar-refractivity contribution is -0.137. The highest BCUT2D eigenvalue weighted by Crippen LogP contribution is 2.49. The highest BCUT2D eigenvalue weighted by atomic mass is 35.5. The number of likely N-dealkylation sites (N-methyl/N-ethyl adjacent to an activating group) is 2. The van der Waals surface area contributed by atoms with Crippen LogP contribution in [-0.2, 0) is 40.0 Å². The third-order valence-electron chi connectivity index (χ3n) is 15.3. The van der Waals surface area contributed by atoms with Crippen LogP contribution in [0.4, 0.5) is 36.2 Å². The van der Waals surface area contributed by atoms with E-state index in [1.807, 2.05) is 19.1 Å². The first-order chi connectivity index (χ1) is 43.6. The Labute approximate surface area is 529 Å². The van der Waals surface area contributed by atoms with Crippen molar-refractivity contribution in [3.05, 3.63) is 131 Å². The van der Waals surface area contributed by atoms with E-state index in [1.54, 1.807) is 91.5 Å². The highest BCUT2D eigenvalue weighted by molar-refractivity contribution is 6.20. The first-order valence-corrected chi connectivity index (χ1v) is 29.9. The number of carbonyl (C=O) groups excluding carboxylic acids is 10. The number of imide groups is 1. The van der Waals surface area contributed by atoms with Crippen molar-refractivity contribution in [2.24, 2.45) is 17.6 Å². The normalized spacial score (nSPS) is 14.0. The van der Waals surface area contributed by atoms with Gasteiger partial charge in [-0.25, -0.2) is 24.2 Å². The van der Waals surface area contributed by atoms with Gasteiger partial charge in [-0.05, 0) is 79.3 Å². The average Bonchev–Trinajstić information content (AvgIpc) is 1.66. The van der Waals surface area contributed by atoms with E-state index in [9.17, 15) is 47.9 Å². The van der Waals surface area contributed by atoms with Crippen LogP contribution in [0.15, 0.2) is 103 Å². The Morgan fingerprint density at radius 3 is 2.23 bits per heavy atom. The quantitative estimate of drug-likeness (QED) is 0.0156. The maximum absolute atomic E-state index is 14.5. The second-order valence-electron chi connectivity index (χ2n) is 22.2. The first-order valence-electron chi connectivity index (χ1n) is 29.3. The standard InChI is InChI=1S/C64H72ClN11O15/c1-37(2)56(72-62(84)89-28-27-88-26-25-75-52(78)20-21-53(75)79)49(77)31-41(9-8-22-67-61(66)83)59(81)69-44-18-14-39(15-19-44)36-90-63(85)73(4)23-24-74(5)64(86)91-51-32-48-54(55-46(51)10-7-11-50(55)87-6)43(33-65)35-76(48)60(82)47-30-42-29-45(34-68-57(42)71-47)70-58(80)40-16-12-38(3)13-17-40/h7,10-21,29-30,32,34,37,41,43,56H,8-9,22-28,31,33,35-36H2,1-6H3,(H,68,71)(H,69,81)(H,70,80)(H,72,84)(H3,66,67,83)/t41-,43-,56+/m1/s1. The lowest BCUT2D eigenvalue weighted by Gasteiger charge is -2.24. The summed E-state index contributed by atoms with van der Waals surface area (Å²) in [6.07, 6.45) is 1.68. The monoisotopic (exact) mass is 1270 g/mol. The van der Waals surface area contributed by atoms with Crippen LogP contribution >= 0.6 is 11.6 Å². The third-order valence-corrected chi connectivity index (χ3v) is 15.6. The van der Waals surface area contributed by atoms with E-state index >= 15 is 0 Å². The van der Waals surface area contributed by atoms with Crippen LogP contribution in [0, 0.1) is 18.8 Å². The van der Waals surface area contributed by atoms with Crippen LogP contribution in [0.5, 0.6) is 11.5 Å². The Morgan fingerprint density at radius 2 is 1.55 bits per heavy atom. The third kappa shape index (κ3) is 17.2. The number of Topliss-reactive ketones (excluding diaryl/α,β-unsaturated/α-hetero) is 1. The van der Waals surface area contributed by atoms with Gasteiger partial charge < -0.3 is 70.4 Å². The van der Waals surface area contributed by atoms with Gasteiger partial charge in [0.05, 0.1) is 50.5 Å². The SMILES string of the molecule is COc1cccc2c(OC(=O)N(C)CCN(C)C(=O)OCc3ccc(NC(=O)[C@H](CCCNC(N)=O)CC(=O)[C@@H](NC(=O)OCCOCCN4C(=O)C=CC4=O)C(C)C)cc3)cc3c(c12)[C@H](CCl)CN3C(=O)c1cc2cc(NC(=O)c3ccc(C)cc3)cnc2[nH]1. The number of primary amides is 1. The molecule has 26 nitrogen and oxygen atoms in total. The lowest BCUT2D eigenvalue weighted by Crippen LogP contribution is -2.46. The number of H-pyrrole nitrogens is 1. The summed E-state index contributed by atoms with van der Waals surface area (Å²) in [5, 5.41) is 12.5. The molecular weight excluding hydrogens is 1200 g/mol. The molecule has 6 aromatic rings. The smallest absolute Gasteiger partial charge is 0.415 e. The van der Waals surface area contributed by atoms with Gasteiger partial charge in [0.25, 0.3) is 23.6 Å². The molecule has 0 saturated heterocycles. The molecule has 4 heterocycles. The molecule has 480 valence electrons. The number of alkyl halides is 1. The number of aromatic amines is 1. The number of alkyl carbamates (subject to hydrolysis) is 1. The van der Waals surface area contributed by atoms with E-state index in [0.717, 1.165) is 28.2 Å². The van der Waals surface area contributed by atoms with Gasteiger partial charge in [-0.1, -0.05) is 55.8 Å². The van der Waals surface area contributed by atoms with Gasteiger partial charge in [-0.3, -0.25) is 33.7 Å². The van der Waals surface area contributed by atoms with Gasteiger partial charge in [0.2, 0.25) is 5.91 Å². The van der Waals surface area contributed by atoms with Crippen molar-refractivity contribution in [2.45, 2.75) is 58.6 Å². The molecule has 0 spiro atoms. The summed E-state index contributed by atoms with van der Waals surface area (Å²) in [5.41, 5.74) is 9.95. The van der Waals surface area contributed by atoms with Crippen LogP contribution in [0.25, 0.3) is 21.8 Å². The molecule has 0 saturated carbocycles. The molecule has 8 rings (SSSR count). The van der Waals surface area contributed by atoms with Gasteiger partial charge in [0.1, 0.15) is 36.1 Å². The van der Waals surface area contributed by atoms with E-state index in [2.05, 4.69) is 31.2 Å². The van der Waals surface area contributed by atoms with Crippen molar-refractivity contribution in [1.29, 1.82) is 0 Å². The van der Waals surface area contributed by atoms with Gasteiger partial charge in [-0.2, -0.15) is 0 Å². The topological polar surface area (TPSA) is 333 Å². The number of benzene rings is 4. The van der Waals surface area contributed by atoms with Crippen LogP contribution in [-0.4, -0.2) is 170 Å². The molecule has 91 heavy (non-hydrogen) atoms. The number of amides is 10. The number of halogens is 1. The fourth-order valence-electron chi connectivity index (χ4n) is 10.3. The van der Waals surface area contributed by atoms with Crippen molar-refractivity contribution >= 4 is 110 Å². The minimum atomic E-state index is -1.03. The average molecular weight is 1270 g/mol. The number of urea groups is 1. The molecule has 2 aliphatic rings. The number of hydrogen-bond donors (Lipinski definition) is 6. The Morgan fingerprint density at radius 1 is 0.835 bits per heavy atom. The van der Waals surface area contributed by atoms with Crippen LogP contribution in [0.1, 0.15) is 76.6 Å². The molecule has 27 heteroatoms. The number of aryl methyl sites for hydroxylation is 1. The van der Waals surface area contributed by atoms with Gasteiger partial charge in [-0.15, -0.1) is 11.6 Å². The molecule has 10 amide bonds. The van der Waals surface area contributed by atoms with Crippen LogP contribution in [0.3, 0.4) is 0 Å². The number of fused-ring (bicyclic) bond motifs is 4. The number of methoxy groups -OCH3 is 1. The summed E-state index contributed by atoms with van der Waals surface area (Å²) in [6.45, 7) is 5.46. The molecule has 3 atom stereocenters. The molecule has 0 aliphatic carbocycles. The second-order valence-corrected chi connectivity index (χ2v) is 22.5. The highest BCUT2D eigenvalue weighted by Gasteiger charge is 2.38. The first kappa shape index (κ1) is 66.9. The molecule has 0 fully saturated rings. The summed E-state index contributed by atoms with van der Waals surface area (Å²) in [4.78, 5) is 142. The Bertz CT molecular complexity index is 3730. The second kappa shape index (κ2) is 30.9. The number of nitrogens with one attached hydrogen (secondary N) is 5. The van der Waals surface area contributed by atoms with E-state index in [0.29, 0.717) is 62.2 Å². The molecule has 0 bridgehead atoms. The van der Waals surface area contributed by atoms with Crippen molar-refractivity contribution in [3.8, 4) is 11.5 Å². The molecule has 4 aromatic carbocycles. The predicted octanol–water partition coefficient (Wildman–Crippen LogP) is 7.62. The number of nitrogens with zero attached hydrogens (tertiary/aromatic N) is 5. The number of carbonyl (C=O) groups is 10. The summed E-state index contributed by atoms with van der Waals surface area (Å²) in [6, 6.07) is 22.2. The number of ketones is 1. The number of rotatable bonds is 28. The zero-order valence-electron chi connectivity index (χ0n) is 51.1. The summed E-state index contributed by atoms with van der Waals surface area (Å²) >= 11 is 6.62.